The molecule has 0 fully saturated rings. The Hall–Kier alpha value is -2.92. The lowest BCUT2D eigenvalue weighted by Crippen LogP contribution is -2.09. The van der Waals surface area contributed by atoms with Gasteiger partial charge in [-0.3, -0.25) is 0 Å². The summed E-state index contributed by atoms with van der Waals surface area (Å²) in [6.07, 6.45) is 3.68. The molecule has 0 saturated heterocycles. The molecule has 0 N–H and O–H groups in total. The van der Waals surface area contributed by atoms with Crippen LogP contribution in [0, 0.1) is 0 Å². The Morgan fingerprint density at radius 2 is 1.80 bits per heavy atom. The van der Waals surface area contributed by atoms with Crippen molar-refractivity contribution in [3.05, 3.63) is 72.4 Å². The van der Waals surface area contributed by atoms with E-state index in [-0.39, 0.29) is 0 Å². The first-order valence-electron chi connectivity index (χ1n) is 8.28. The highest BCUT2D eigenvalue weighted by atomic mass is 16.4. The largest absolute Gasteiger partial charge is 0.440 e. The zero-order valence-corrected chi connectivity index (χ0v) is 14.4. The van der Waals surface area contributed by atoms with Crippen molar-refractivity contribution in [1.82, 2.24) is 19.4 Å². The van der Waals surface area contributed by atoms with Gasteiger partial charge in [0.15, 0.2) is 0 Å². The number of para-hydroxylation sites is 2. The zero-order chi connectivity index (χ0) is 17.2. The molecule has 2 aromatic heterocycles. The van der Waals surface area contributed by atoms with Crippen LogP contribution < -0.4 is 0 Å². The number of rotatable bonds is 5. The third-order valence-electron chi connectivity index (χ3n) is 4.11. The van der Waals surface area contributed by atoms with E-state index >= 15 is 0 Å². The number of imidazole rings is 1. The Labute approximate surface area is 146 Å². The van der Waals surface area contributed by atoms with Crippen molar-refractivity contribution in [1.29, 1.82) is 0 Å². The summed E-state index contributed by atoms with van der Waals surface area (Å²) >= 11 is 0. The monoisotopic (exact) mass is 332 g/mol. The zero-order valence-electron chi connectivity index (χ0n) is 14.4. The van der Waals surface area contributed by atoms with E-state index < -0.39 is 0 Å². The Kier molecular flexibility index (Phi) is 4.07. The molecule has 0 aliphatic rings. The number of hydrogen-bond acceptors (Lipinski definition) is 4. The van der Waals surface area contributed by atoms with E-state index in [1.54, 1.807) is 6.20 Å². The minimum Gasteiger partial charge on any atom is -0.440 e. The summed E-state index contributed by atoms with van der Waals surface area (Å²) in [7, 11) is 4.02. The molecular weight excluding hydrogens is 312 g/mol. The molecule has 0 unspecified atom stereocenters. The molecule has 0 saturated carbocycles. The van der Waals surface area contributed by atoms with E-state index in [0.717, 1.165) is 35.4 Å². The van der Waals surface area contributed by atoms with Gasteiger partial charge in [0.2, 0.25) is 5.89 Å². The maximum atomic E-state index is 5.82. The lowest BCUT2D eigenvalue weighted by atomic mass is 10.1. The molecule has 0 aliphatic heterocycles. The first kappa shape index (κ1) is 15.6. The summed E-state index contributed by atoms with van der Waals surface area (Å²) < 4.78 is 7.97. The van der Waals surface area contributed by atoms with Crippen LogP contribution in [0.2, 0.25) is 0 Å². The molecule has 0 atom stereocenters. The minimum absolute atomic E-state index is 0.663. The van der Waals surface area contributed by atoms with Gasteiger partial charge in [0, 0.05) is 12.1 Å². The average molecular weight is 332 g/mol. The fraction of sp³-hybridized carbons (Fsp3) is 0.200. The van der Waals surface area contributed by atoms with Gasteiger partial charge < -0.3 is 13.9 Å². The van der Waals surface area contributed by atoms with Crippen LogP contribution in [0.15, 0.2) is 65.5 Å². The molecule has 126 valence electrons. The van der Waals surface area contributed by atoms with E-state index in [9.17, 15) is 0 Å². The molecule has 4 aromatic rings. The number of hydrogen-bond donors (Lipinski definition) is 0. The van der Waals surface area contributed by atoms with Gasteiger partial charge in [-0.15, -0.1) is 0 Å². The minimum atomic E-state index is 0.663. The van der Waals surface area contributed by atoms with Crippen LogP contribution in [-0.2, 0) is 13.1 Å². The van der Waals surface area contributed by atoms with Crippen molar-refractivity contribution in [3.8, 4) is 11.5 Å². The van der Waals surface area contributed by atoms with E-state index in [0.29, 0.717) is 5.89 Å². The summed E-state index contributed by atoms with van der Waals surface area (Å²) in [5.74, 6) is 1.53. The predicted octanol–water partition coefficient (Wildman–Crippen LogP) is 3.80. The fourth-order valence-electron chi connectivity index (χ4n) is 2.91. The number of fused-ring (bicyclic) bond motifs is 1. The second kappa shape index (κ2) is 6.53. The molecule has 0 bridgehead atoms. The van der Waals surface area contributed by atoms with E-state index in [4.69, 9.17) is 4.42 Å². The van der Waals surface area contributed by atoms with Crippen LogP contribution in [0.5, 0.6) is 0 Å². The lowest BCUT2D eigenvalue weighted by molar-refractivity contribution is 0.353. The molecule has 25 heavy (non-hydrogen) atoms. The highest BCUT2D eigenvalue weighted by Crippen LogP contribution is 2.21. The Morgan fingerprint density at radius 3 is 2.60 bits per heavy atom. The highest BCUT2D eigenvalue weighted by Gasteiger charge is 2.08. The van der Waals surface area contributed by atoms with Crippen molar-refractivity contribution in [2.24, 2.45) is 0 Å². The topological polar surface area (TPSA) is 47.1 Å². The SMILES string of the molecule is CN(C)Cc1cnc(-c2ccc(Cn3cnc4ccccc43)cc2)o1. The normalized spacial score (nSPS) is 11.5. The molecular formula is C20H20N4O. The molecule has 2 aromatic carbocycles. The van der Waals surface area contributed by atoms with Crippen molar-refractivity contribution >= 4 is 11.0 Å². The second-order valence-electron chi connectivity index (χ2n) is 6.43. The van der Waals surface area contributed by atoms with Gasteiger partial charge >= 0.3 is 0 Å². The smallest absolute Gasteiger partial charge is 0.226 e. The molecule has 5 heteroatoms. The van der Waals surface area contributed by atoms with Crippen LogP contribution in [0.25, 0.3) is 22.5 Å². The Bertz CT molecular complexity index is 982. The molecule has 2 heterocycles. The predicted molar refractivity (Wildman–Crippen MR) is 98.2 cm³/mol. The Morgan fingerprint density at radius 1 is 1.00 bits per heavy atom. The van der Waals surface area contributed by atoms with Gasteiger partial charge in [0.25, 0.3) is 0 Å². The van der Waals surface area contributed by atoms with E-state index in [1.165, 1.54) is 5.56 Å². The second-order valence-corrected chi connectivity index (χ2v) is 6.43. The quantitative estimate of drug-likeness (QED) is 0.558. The molecule has 0 spiro atoms. The third kappa shape index (κ3) is 3.32. The molecule has 0 aliphatic carbocycles. The van der Waals surface area contributed by atoms with Crippen LogP contribution in [0.3, 0.4) is 0 Å². The number of benzene rings is 2. The fourth-order valence-corrected chi connectivity index (χ4v) is 2.91. The highest BCUT2D eigenvalue weighted by molar-refractivity contribution is 5.75. The first-order valence-corrected chi connectivity index (χ1v) is 8.28. The number of aromatic nitrogens is 3. The average Bonchev–Trinajstić information content (AvgIpc) is 3.23. The van der Waals surface area contributed by atoms with Gasteiger partial charge in [-0.05, 0) is 43.9 Å². The first-order chi connectivity index (χ1) is 12.2. The summed E-state index contributed by atoms with van der Waals surface area (Å²) in [5.41, 5.74) is 4.37. The van der Waals surface area contributed by atoms with Gasteiger partial charge in [0.05, 0.1) is 30.1 Å². The lowest BCUT2D eigenvalue weighted by Gasteiger charge is -2.06. The van der Waals surface area contributed by atoms with E-state index in [1.807, 2.05) is 38.6 Å². The number of nitrogens with zero attached hydrogens (tertiary/aromatic N) is 4. The summed E-state index contributed by atoms with van der Waals surface area (Å²) in [5, 5.41) is 0. The standard InChI is InChI=1S/C20H20N4O/c1-23(2)13-17-11-21-20(25-17)16-9-7-15(8-10-16)12-24-14-22-18-5-3-4-6-19(18)24/h3-11,14H,12-13H2,1-2H3. The molecule has 4 rings (SSSR count). The van der Waals surface area contributed by atoms with Crippen LogP contribution >= 0.6 is 0 Å². The van der Waals surface area contributed by atoms with Crippen molar-refractivity contribution in [2.75, 3.05) is 14.1 Å². The van der Waals surface area contributed by atoms with Gasteiger partial charge in [-0.25, -0.2) is 9.97 Å². The van der Waals surface area contributed by atoms with Crippen LogP contribution in [-0.4, -0.2) is 33.5 Å². The maximum absolute atomic E-state index is 5.82. The molecule has 0 radical (unpaired) electrons. The van der Waals surface area contributed by atoms with Crippen LogP contribution in [0.4, 0.5) is 0 Å². The maximum Gasteiger partial charge on any atom is 0.226 e. The summed E-state index contributed by atoms with van der Waals surface area (Å²) in [4.78, 5) is 10.9. The summed E-state index contributed by atoms with van der Waals surface area (Å²) in [6.45, 7) is 1.54. The van der Waals surface area contributed by atoms with Crippen molar-refractivity contribution in [2.45, 2.75) is 13.1 Å². The summed E-state index contributed by atoms with van der Waals surface area (Å²) in [6, 6.07) is 16.5. The van der Waals surface area contributed by atoms with Crippen LogP contribution in [0.1, 0.15) is 11.3 Å². The molecule has 5 nitrogen and oxygen atoms in total. The Balaban J connectivity index is 1.53. The van der Waals surface area contributed by atoms with Gasteiger partial charge in [0.1, 0.15) is 5.76 Å². The third-order valence-corrected chi connectivity index (χ3v) is 4.11. The van der Waals surface area contributed by atoms with Gasteiger partial charge in [-0.1, -0.05) is 24.3 Å². The van der Waals surface area contributed by atoms with Gasteiger partial charge in [-0.2, -0.15) is 0 Å². The van der Waals surface area contributed by atoms with Crippen molar-refractivity contribution < 1.29 is 4.42 Å². The van der Waals surface area contributed by atoms with Crippen molar-refractivity contribution in [3.63, 3.8) is 0 Å². The van der Waals surface area contributed by atoms with E-state index in [2.05, 4.69) is 49.8 Å². The number of oxazole rings is 1. The molecule has 0 amide bonds.